The summed E-state index contributed by atoms with van der Waals surface area (Å²) in [5.41, 5.74) is 5.66. The Morgan fingerprint density at radius 1 is 1.30 bits per heavy atom. The molecule has 30 heavy (non-hydrogen) atoms. The number of amides is 1. The molecule has 2 aromatic rings. The largest absolute Gasteiger partial charge is 0.434 e. The second kappa shape index (κ2) is 8.76. The molecular weight excluding hydrogens is 397 g/mol. The van der Waals surface area contributed by atoms with E-state index in [9.17, 15) is 18.0 Å². The highest BCUT2D eigenvalue weighted by Gasteiger charge is 2.34. The molecule has 3 rings (SSSR count). The molecular formula is C20H25F3N6O. The molecule has 162 valence electrons. The lowest BCUT2D eigenvalue weighted by Gasteiger charge is -2.30. The van der Waals surface area contributed by atoms with Crippen molar-refractivity contribution in [2.75, 3.05) is 5.32 Å². The smallest absolute Gasteiger partial charge is 0.401 e. The van der Waals surface area contributed by atoms with Crippen LogP contribution in [0.15, 0.2) is 35.7 Å². The molecule has 5 N–H and O–H groups in total. The lowest BCUT2D eigenvalue weighted by Crippen LogP contribution is -2.41. The fourth-order valence-electron chi connectivity index (χ4n) is 3.61. The van der Waals surface area contributed by atoms with Crippen LogP contribution >= 0.6 is 0 Å². The van der Waals surface area contributed by atoms with Gasteiger partial charge in [-0.25, -0.2) is 4.98 Å². The fraction of sp³-hybridized carbons (Fsp3) is 0.450. The molecule has 1 fully saturated rings. The van der Waals surface area contributed by atoms with Crippen LogP contribution in [-0.2, 0) is 11.0 Å². The number of fused-ring (bicyclic) bond motifs is 1. The van der Waals surface area contributed by atoms with E-state index in [1.54, 1.807) is 12.1 Å². The first kappa shape index (κ1) is 21.7. The summed E-state index contributed by atoms with van der Waals surface area (Å²) in [6.07, 6.45) is 0.886. The number of hydrogen-bond donors (Lipinski definition) is 4. The first-order valence-corrected chi connectivity index (χ1v) is 9.84. The molecule has 0 saturated heterocycles. The zero-order valence-corrected chi connectivity index (χ0v) is 16.6. The predicted octanol–water partition coefficient (Wildman–Crippen LogP) is 3.46. The van der Waals surface area contributed by atoms with Gasteiger partial charge in [0.05, 0.1) is 5.57 Å². The van der Waals surface area contributed by atoms with Gasteiger partial charge in [0.25, 0.3) is 5.91 Å². The first-order chi connectivity index (χ1) is 14.2. The van der Waals surface area contributed by atoms with Crippen molar-refractivity contribution < 1.29 is 18.0 Å². The number of carbonyl (C=O) groups is 1. The van der Waals surface area contributed by atoms with Crippen LogP contribution in [0.3, 0.4) is 0 Å². The minimum Gasteiger partial charge on any atom is -0.401 e. The van der Waals surface area contributed by atoms with Crippen molar-refractivity contribution in [3.05, 3.63) is 41.4 Å². The van der Waals surface area contributed by atoms with Gasteiger partial charge in [-0.2, -0.15) is 13.2 Å². The molecule has 0 aromatic carbocycles. The summed E-state index contributed by atoms with van der Waals surface area (Å²) < 4.78 is 40.3. The summed E-state index contributed by atoms with van der Waals surface area (Å²) in [6, 6.07) is 4.95. The number of hydrogen-bond acceptors (Lipinski definition) is 5. The van der Waals surface area contributed by atoms with Crippen LogP contribution in [0.1, 0.15) is 44.7 Å². The van der Waals surface area contributed by atoms with Crippen molar-refractivity contribution in [1.82, 2.24) is 14.7 Å². The third-order valence-electron chi connectivity index (χ3n) is 5.31. The van der Waals surface area contributed by atoms with Gasteiger partial charge in [-0.3, -0.25) is 9.20 Å². The maximum atomic E-state index is 13.0. The number of nitrogens with one attached hydrogen (secondary N) is 3. The van der Waals surface area contributed by atoms with E-state index in [2.05, 4.69) is 15.6 Å². The standard InChI is InChI=1S/C20H25F3N6O/c1-2-15(25)14(10-24)19(30)27-13-8-6-12(7-9-13)26-17-4-3-5-18-28-16(11-29(17)18)20(21,22)23/h3-5,10-13,24,26H,2,6-9,25H2,1H3,(H,27,30)/b15-14+,24-10?. The van der Waals surface area contributed by atoms with Gasteiger partial charge < -0.3 is 21.8 Å². The minimum absolute atomic E-state index is 0.0315. The molecule has 7 nitrogen and oxygen atoms in total. The molecule has 2 aromatic heterocycles. The Morgan fingerprint density at radius 3 is 2.57 bits per heavy atom. The lowest BCUT2D eigenvalue weighted by atomic mass is 9.91. The third kappa shape index (κ3) is 4.74. The molecule has 0 bridgehead atoms. The Balaban J connectivity index is 1.62. The number of aromatic nitrogens is 2. The van der Waals surface area contributed by atoms with E-state index in [0.717, 1.165) is 25.3 Å². The zero-order valence-electron chi connectivity index (χ0n) is 16.6. The molecule has 0 unspecified atom stereocenters. The Bertz CT molecular complexity index is 957. The molecule has 0 radical (unpaired) electrons. The maximum Gasteiger partial charge on any atom is 0.434 e. The highest BCUT2D eigenvalue weighted by molar-refractivity contribution is 6.12. The highest BCUT2D eigenvalue weighted by Crippen LogP contribution is 2.30. The Morgan fingerprint density at radius 2 is 1.97 bits per heavy atom. The Hall–Kier alpha value is -3.04. The molecule has 1 aliphatic carbocycles. The number of nitrogens with two attached hydrogens (primary N) is 1. The number of pyridine rings is 1. The molecule has 1 saturated carbocycles. The van der Waals surface area contributed by atoms with E-state index < -0.39 is 11.9 Å². The minimum atomic E-state index is -4.50. The molecule has 10 heteroatoms. The van der Waals surface area contributed by atoms with E-state index >= 15 is 0 Å². The van der Waals surface area contributed by atoms with Crippen molar-refractivity contribution in [3.8, 4) is 0 Å². The molecule has 0 atom stereocenters. The predicted molar refractivity (Wildman–Crippen MR) is 108 cm³/mol. The molecule has 1 amide bonds. The van der Waals surface area contributed by atoms with Crippen LogP contribution in [0.4, 0.5) is 19.0 Å². The number of imidazole rings is 1. The number of alkyl halides is 3. The molecule has 0 aliphatic heterocycles. The van der Waals surface area contributed by atoms with E-state index in [1.807, 2.05) is 6.92 Å². The topological polar surface area (TPSA) is 108 Å². The van der Waals surface area contributed by atoms with Crippen LogP contribution in [-0.4, -0.2) is 33.6 Å². The van der Waals surface area contributed by atoms with Crippen molar-refractivity contribution in [2.45, 2.75) is 57.3 Å². The average molecular weight is 422 g/mol. The number of carbonyl (C=O) groups excluding carboxylic acids is 1. The SMILES string of the molecule is CC/C(N)=C(/C=N)C(=O)NC1CCC(Nc2cccc3nc(C(F)(F)F)cn23)CC1. The monoisotopic (exact) mass is 422 g/mol. The maximum absolute atomic E-state index is 13.0. The van der Waals surface area contributed by atoms with E-state index in [-0.39, 0.29) is 29.2 Å². The highest BCUT2D eigenvalue weighted by atomic mass is 19.4. The summed E-state index contributed by atoms with van der Waals surface area (Å²) in [5, 5.41) is 13.6. The fourth-order valence-corrected chi connectivity index (χ4v) is 3.61. The summed E-state index contributed by atoms with van der Waals surface area (Å²) in [7, 11) is 0. The van der Waals surface area contributed by atoms with Crippen LogP contribution in [0, 0.1) is 5.41 Å². The van der Waals surface area contributed by atoms with Crippen LogP contribution in [0.5, 0.6) is 0 Å². The number of nitrogens with zero attached hydrogens (tertiary/aromatic N) is 2. The number of allylic oxidation sites excluding steroid dienone is 1. The Labute approximate surface area is 172 Å². The Kier molecular flexibility index (Phi) is 6.33. The second-order valence-electron chi connectivity index (χ2n) is 7.37. The van der Waals surface area contributed by atoms with Gasteiger partial charge >= 0.3 is 6.18 Å². The van der Waals surface area contributed by atoms with E-state index in [0.29, 0.717) is 30.8 Å². The summed E-state index contributed by atoms with van der Waals surface area (Å²) in [6.45, 7) is 1.82. The van der Waals surface area contributed by atoms with Crippen LogP contribution < -0.4 is 16.4 Å². The van der Waals surface area contributed by atoms with E-state index in [4.69, 9.17) is 11.1 Å². The van der Waals surface area contributed by atoms with Crippen molar-refractivity contribution in [3.63, 3.8) is 0 Å². The van der Waals surface area contributed by atoms with Gasteiger partial charge in [-0.1, -0.05) is 13.0 Å². The van der Waals surface area contributed by atoms with E-state index in [1.165, 1.54) is 10.5 Å². The first-order valence-electron chi connectivity index (χ1n) is 9.84. The number of anilines is 1. The third-order valence-corrected chi connectivity index (χ3v) is 5.31. The van der Waals surface area contributed by atoms with Crippen LogP contribution in [0.2, 0.25) is 0 Å². The van der Waals surface area contributed by atoms with Gasteiger partial charge in [-0.15, -0.1) is 0 Å². The number of rotatable bonds is 6. The summed E-state index contributed by atoms with van der Waals surface area (Å²) >= 11 is 0. The van der Waals surface area contributed by atoms with Gasteiger partial charge in [-0.05, 0) is 44.2 Å². The number of halogens is 3. The quantitative estimate of drug-likeness (QED) is 0.422. The van der Waals surface area contributed by atoms with Gasteiger partial charge in [0.15, 0.2) is 5.69 Å². The zero-order chi connectivity index (χ0) is 21.9. The average Bonchev–Trinajstić information content (AvgIpc) is 3.16. The van der Waals surface area contributed by atoms with Crippen molar-refractivity contribution in [2.24, 2.45) is 5.73 Å². The van der Waals surface area contributed by atoms with Crippen molar-refractivity contribution >= 4 is 23.6 Å². The lowest BCUT2D eigenvalue weighted by molar-refractivity contribution is -0.140. The molecule has 2 heterocycles. The summed E-state index contributed by atoms with van der Waals surface area (Å²) in [5.74, 6) is 0.205. The van der Waals surface area contributed by atoms with Gasteiger partial charge in [0, 0.05) is 30.2 Å². The second-order valence-corrected chi connectivity index (χ2v) is 7.37. The molecule has 1 aliphatic rings. The van der Waals surface area contributed by atoms with Crippen molar-refractivity contribution in [1.29, 1.82) is 5.41 Å². The van der Waals surface area contributed by atoms with Crippen LogP contribution in [0.25, 0.3) is 5.65 Å². The normalized spacial score (nSPS) is 20.5. The molecule has 0 spiro atoms. The van der Waals surface area contributed by atoms with Gasteiger partial charge in [0.2, 0.25) is 0 Å². The van der Waals surface area contributed by atoms with Gasteiger partial charge in [0.1, 0.15) is 11.5 Å². The summed E-state index contributed by atoms with van der Waals surface area (Å²) in [4.78, 5) is 16.0.